The van der Waals surface area contributed by atoms with Crippen LogP contribution in [0, 0.1) is 23.7 Å². The number of imide groups is 1. The fraction of sp³-hybridized carbons (Fsp3) is 0.412. The number of rotatable bonds is 3. The summed E-state index contributed by atoms with van der Waals surface area (Å²) >= 11 is 0. The van der Waals surface area contributed by atoms with Crippen LogP contribution in [0.3, 0.4) is 0 Å². The van der Waals surface area contributed by atoms with Crippen molar-refractivity contribution >= 4 is 23.4 Å². The molecular weight excluding hydrogens is 294 g/mol. The molecule has 6 heteroatoms. The number of amides is 3. The zero-order valence-electron chi connectivity index (χ0n) is 12.7. The topological polar surface area (TPSA) is 79.4 Å². The van der Waals surface area contributed by atoms with Crippen molar-refractivity contribution in [2.24, 2.45) is 23.7 Å². The van der Waals surface area contributed by atoms with Gasteiger partial charge in [-0.05, 0) is 37.3 Å². The van der Waals surface area contributed by atoms with Crippen molar-refractivity contribution in [3.63, 3.8) is 0 Å². The van der Waals surface area contributed by atoms with Crippen molar-refractivity contribution in [3.05, 3.63) is 36.7 Å². The SMILES string of the molecule is C[C@@H](C(=O)Nc1cccnc1)N1C(=O)[C@@H]2[C@H](C1=O)[C@H]1C=C[C@H]2C1. The summed E-state index contributed by atoms with van der Waals surface area (Å²) in [4.78, 5) is 42.8. The Hall–Kier alpha value is -2.50. The molecule has 0 radical (unpaired) electrons. The van der Waals surface area contributed by atoms with Crippen LogP contribution in [0.15, 0.2) is 36.7 Å². The Labute approximate surface area is 133 Å². The summed E-state index contributed by atoms with van der Waals surface area (Å²) in [6.07, 6.45) is 8.10. The van der Waals surface area contributed by atoms with Gasteiger partial charge in [0, 0.05) is 6.20 Å². The van der Waals surface area contributed by atoms with Crippen LogP contribution in [0.4, 0.5) is 5.69 Å². The fourth-order valence-electron chi connectivity index (χ4n) is 4.11. The molecule has 1 aromatic heterocycles. The van der Waals surface area contributed by atoms with E-state index in [1.165, 1.54) is 6.20 Å². The van der Waals surface area contributed by atoms with Crippen LogP contribution in [0.5, 0.6) is 0 Å². The van der Waals surface area contributed by atoms with Crippen molar-refractivity contribution in [1.29, 1.82) is 0 Å². The van der Waals surface area contributed by atoms with Crippen molar-refractivity contribution in [1.82, 2.24) is 9.88 Å². The summed E-state index contributed by atoms with van der Waals surface area (Å²) in [5.41, 5.74) is 0.547. The monoisotopic (exact) mass is 311 g/mol. The third-order valence-corrected chi connectivity index (χ3v) is 5.20. The number of fused-ring (bicyclic) bond motifs is 5. The summed E-state index contributed by atoms with van der Waals surface area (Å²) < 4.78 is 0. The van der Waals surface area contributed by atoms with Crippen LogP contribution in [-0.2, 0) is 14.4 Å². The van der Waals surface area contributed by atoms with Gasteiger partial charge in [-0.2, -0.15) is 0 Å². The average Bonchev–Trinajstić information content (AvgIpc) is 3.22. The molecule has 1 aromatic rings. The lowest BCUT2D eigenvalue weighted by atomic mass is 9.85. The molecular formula is C17H17N3O3. The molecule has 0 aromatic carbocycles. The van der Waals surface area contributed by atoms with E-state index in [-0.39, 0.29) is 41.4 Å². The molecule has 2 aliphatic carbocycles. The minimum Gasteiger partial charge on any atom is -0.323 e. The van der Waals surface area contributed by atoms with Gasteiger partial charge in [0.25, 0.3) is 0 Å². The summed E-state index contributed by atoms with van der Waals surface area (Å²) in [7, 11) is 0. The van der Waals surface area contributed by atoms with E-state index >= 15 is 0 Å². The Balaban J connectivity index is 1.53. The number of aromatic nitrogens is 1. The number of allylic oxidation sites excluding steroid dienone is 2. The van der Waals surface area contributed by atoms with Crippen LogP contribution < -0.4 is 5.32 Å². The highest BCUT2D eigenvalue weighted by atomic mass is 16.2. The van der Waals surface area contributed by atoms with Gasteiger partial charge < -0.3 is 5.32 Å². The van der Waals surface area contributed by atoms with E-state index in [9.17, 15) is 14.4 Å². The molecule has 23 heavy (non-hydrogen) atoms. The Bertz CT molecular complexity index is 685. The van der Waals surface area contributed by atoms with Crippen molar-refractivity contribution in [2.45, 2.75) is 19.4 Å². The molecule has 2 bridgehead atoms. The Morgan fingerprint density at radius 3 is 2.48 bits per heavy atom. The number of pyridine rings is 1. The number of hydrogen-bond donors (Lipinski definition) is 1. The zero-order valence-corrected chi connectivity index (χ0v) is 12.7. The minimum absolute atomic E-state index is 0.153. The van der Waals surface area contributed by atoms with Crippen LogP contribution in [0.1, 0.15) is 13.3 Å². The van der Waals surface area contributed by atoms with Crippen molar-refractivity contribution in [3.8, 4) is 0 Å². The van der Waals surface area contributed by atoms with Crippen molar-refractivity contribution in [2.75, 3.05) is 5.32 Å². The first-order chi connectivity index (χ1) is 11.1. The van der Waals surface area contributed by atoms with Gasteiger partial charge in [-0.25, -0.2) is 0 Å². The molecule has 6 nitrogen and oxygen atoms in total. The molecule has 0 unspecified atom stereocenters. The normalized spacial score (nSPS) is 32.3. The molecule has 118 valence electrons. The summed E-state index contributed by atoms with van der Waals surface area (Å²) in [5, 5.41) is 2.70. The highest BCUT2D eigenvalue weighted by molar-refractivity contribution is 6.10. The van der Waals surface area contributed by atoms with E-state index < -0.39 is 6.04 Å². The molecule has 5 atom stereocenters. The van der Waals surface area contributed by atoms with Gasteiger partial charge in [-0.3, -0.25) is 24.3 Å². The van der Waals surface area contributed by atoms with E-state index in [0.717, 1.165) is 11.3 Å². The van der Waals surface area contributed by atoms with Gasteiger partial charge in [0.05, 0.1) is 23.7 Å². The van der Waals surface area contributed by atoms with Gasteiger partial charge in [0.1, 0.15) is 6.04 Å². The largest absolute Gasteiger partial charge is 0.323 e. The van der Waals surface area contributed by atoms with Gasteiger partial charge >= 0.3 is 0 Å². The number of likely N-dealkylation sites (tertiary alicyclic amines) is 1. The molecule has 3 amide bonds. The Morgan fingerprint density at radius 2 is 1.91 bits per heavy atom. The Kier molecular flexibility index (Phi) is 3.07. The zero-order chi connectivity index (χ0) is 16.1. The maximum atomic E-state index is 12.7. The lowest BCUT2D eigenvalue weighted by Gasteiger charge is -2.23. The third-order valence-electron chi connectivity index (χ3n) is 5.20. The molecule has 0 spiro atoms. The number of nitrogens with one attached hydrogen (secondary N) is 1. The van der Waals surface area contributed by atoms with Crippen LogP contribution in [0.25, 0.3) is 0 Å². The lowest BCUT2D eigenvalue weighted by Crippen LogP contribution is -2.46. The predicted molar refractivity (Wildman–Crippen MR) is 81.9 cm³/mol. The smallest absolute Gasteiger partial charge is 0.247 e. The maximum absolute atomic E-state index is 12.7. The molecule has 1 saturated carbocycles. The first kappa shape index (κ1) is 14.1. The standard InChI is InChI=1S/C17H17N3O3/c1-9(15(21)19-12-3-2-6-18-8-12)20-16(22)13-10-4-5-11(7-10)14(13)17(20)23/h2-6,8-11,13-14H,7H2,1H3,(H,19,21)/t9-,10-,11-,13-,14+/m0/s1. The third kappa shape index (κ3) is 2.01. The first-order valence-electron chi connectivity index (χ1n) is 7.84. The first-order valence-corrected chi connectivity index (χ1v) is 7.84. The molecule has 1 aliphatic heterocycles. The summed E-state index contributed by atoms with van der Waals surface area (Å²) in [6, 6.07) is 2.60. The van der Waals surface area contributed by atoms with E-state index in [1.54, 1.807) is 25.3 Å². The molecule has 2 fully saturated rings. The van der Waals surface area contributed by atoms with Gasteiger partial charge in [0.15, 0.2) is 0 Å². The summed E-state index contributed by atoms with van der Waals surface area (Å²) in [6.45, 7) is 1.60. The molecule has 1 N–H and O–H groups in total. The lowest BCUT2D eigenvalue weighted by molar-refractivity contribution is -0.146. The summed E-state index contributed by atoms with van der Waals surface area (Å²) in [5.74, 6) is -1.02. The maximum Gasteiger partial charge on any atom is 0.247 e. The number of nitrogens with zero attached hydrogens (tertiary/aromatic N) is 2. The van der Waals surface area contributed by atoms with Crippen molar-refractivity contribution < 1.29 is 14.4 Å². The van der Waals surface area contributed by atoms with Crippen LogP contribution in [0.2, 0.25) is 0 Å². The molecule has 2 heterocycles. The molecule has 3 aliphatic rings. The predicted octanol–water partition coefficient (Wildman–Crippen LogP) is 1.22. The molecule has 4 rings (SSSR count). The second-order valence-corrected chi connectivity index (χ2v) is 6.45. The average molecular weight is 311 g/mol. The second kappa shape index (κ2) is 5.01. The number of anilines is 1. The highest BCUT2D eigenvalue weighted by Crippen LogP contribution is 2.52. The van der Waals surface area contributed by atoms with Gasteiger partial charge in [-0.1, -0.05) is 12.2 Å². The Morgan fingerprint density at radius 1 is 1.26 bits per heavy atom. The van der Waals surface area contributed by atoms with E-state index in [4.69, 9.17) is 0 Å². The molecule has 1 saturated heterocycles. The quantitative estimate of drug-likeness (QED) is 0.672. The minimum atomic E-state index is -0.819. The number of carbonyl (C=O) groups is 3. The number of carbonyl (C=O) groups excluding carboxylic acids is 3. The van der Waals surface area contributed by atoms with Gasteiger partial charge in [-0.15, -0.1) is 0 Å². The fourth-order valence-corrected chi connectivity index (χ4v) is 4.11. The van der Waals surface area contributed by atoms with E-state index in [0.29, 0.717) is 5.69 Å². The highest BCUT2D eigenvalue weighted by Gasteiger charge is 2.60. The van der Waals surface area contributed by atoms with Crippen LogP contribution in [-0.4, -0.2) is 33.6 Å². The number of hydrogen-bond acceptors (Lipinski definition) is 4. The van der Waals surface area contributed by atoms with Gasteiger partial charge in [0.2, 0.25) is 17.7 Å². The van der Waals surface area contributed by atoms with E-state index in [2.05, 4.69) is 10.3 Å². The van der Waals surface area contributed by atoms with Crippen LogP contribution >= 0.6 is 0 Å². The second-order valence-electron chi connectivity index (χ2n) is 6.45. The van der Waals surface area contributed by atoms with E-state index in [1.807, 2.05) is 12.2 Å².